The quantitative estimate of drug-likeness (QED) is 0.834. The van der Waals surface area contributed by atoms with Gasteiger partial charge in [-0.2, -0.15) is 0 Å². The molecule has 0 radical (unpaired) electrons. The van der Waals surface area contributed by atoms with Crippen molar-refractivity contribution >= 4 is 11.9 Å². The molecule has 0 aliphatic rings. The van der Waals surface area contributed by atoms with E-state index in [1.54, 1.807) is 0 Å². The molecule has 2 rings (SSSR count). The summed E-state index contributed by atoms with van der Waals surface area (Å²) >= 11 is 0. The molecule has 2 aromatic carbocycles. The van der Waals surface area contributed by atoms with E-state index >= 15 is 0 Å². The van der Waals surface area contributed by atoms with Crippen LogP contribution in [0.5, 0.6) is 0 Å². The fraction of sp³-hybridized carbons (Fsp3) is 0.222. The van der Waals surface area contributed by atoms with Crippen LogP contribution in [-0.4, -0.2) is 25.0 Å². The van der Waals surface area contributed by atoms with Crippen molar-refractivity contribution in [3.63, 3.8) is 0 Å². The van der Waals surface area contributed by atoms with Crippen LogP contribution in [0, 0.1) is 5.82 Å². The van der Waals surface area contributed by atoms with Crippen LogP contribution >= 0.6 is 0 Å². The standard InChI is InChI=1S/C18H18FNO3/c1-23-18(22)16(12-7-13-5-3-2-4-6-13)20-17(21)14-8-10-15(19)11-9-14/h2-6,8-11,16H,7,12H2,1H3,(H,20,21)/t16-/m1/s1. The van der Waals surface area contributed by atoms with E-state index in [1.807, 2.05) is 30.3 Å². The number of rotatable bonds is 6. The maximum atomic E-state index is 12.9. The van der Waals surface area contributed by atoms with E-state index in [0.29, 0.717) is 18.4 Å². The fourth-order valence-corrected chi connectivity index (χ4v) is 2.19. The van der Waals surface area contributed by atoms with E-state index in [2.05, 4.69) is 5.32 Å². The van der Waals surface area contributed by atoms with Crippen LogP contribution in [0.4, 0.5) is 4.39 Å². The number of benzene rings is 2. The Morgan fingerprint density at radius 1 is 1.09 bits per heavy atom. The second-order valence-electron chi connectivity index (χ2n) is 5.08. The van der Waals surface area contributed by atoms with Gasteiger partial charge in [0.2, 0.25) is 0 Å². The van der Waals surface area contributed by atoms with Gasteiger partial charge in [0.1, 0.15) is 11.9 Å². The Hall–Kier alpha value is -2.69. The van der Waals surface area contributed by atoms with Gasteiger partial charge in [-0.15, -0.1) is 0 Å². The Kier molecular flexibility index (Phi) is 5.86. The topological polar surface area (TPSA) is 55.4 Å². The maximum Gasteiger partial charge on any atom is 0.328 e. The number of hydrogen-bond acceptors (Lipinski definition) is 3. The number of halogens is 1. The lowest BCUT2D eigenvalue weighted by Crippen LogP contribution is -2.41. The van der Waals surface area contributed by atoms with Gasteiger partial charge in [-0.3, -0.25) is 4.79 Å². The summed E-state index contributed by atoms with van der Waals surface area (Å²) in [5, 5.41) is 2.64. The van der Waals surface area contributed by atoms with Gasteiger partial charge < -0.3 is 10.1 Å². The second kappa shape index (κ2) is 8.08. The van der Waals surface area contributed by atoms with Gasteiger partial charge in [-0.05, 0) is 42.7 Å². The molecule has 23 heavy (non-hydrogen) atoms. The van der Waals surface area contributed by atoms with Gasteiger partial charge in [-0.25, -0.2) is 9.18 Å². The fourth-order valence-electron chi connectivity index (χ4n) is 2.19. The van der Waals surface area contributed by atoms with Crippen LogP contribution in [0.25, 0.3) is 0 Å². The Morgan fingerprint density at radius 3 is 2.35 bits per heavy atom. The lowest BCUT2D eigenvalue weighted by Gasteiger charge is -2.16. The Balaban J connectivity index is 2.02. The van der Waals surface area contributed by atoms with Crippen LogP contribution in [-0.2, 0) is 16.0 Å². The molecule has 0 spiro atoms. The van der Waals surface area contributed by atoms with Crippen molar-refractivity contribution in [2.75, 3.05) is 7.11 Å². The first-order chi connectivity index (χ1) is 11.1. The van der Waals surface area contributed by atoms with E-state index in [0.717, 1.165) is 5.56 Å². The highest BCUT2D eigenvalue weighted by atomic mass is 19.1. The minimum Gasteiger partial charge on any atom is -0.467 e. The normalized spacial score (nSPS) is 11.6. The molecule has 0 unspecified atom stereocenters. The molecule has 1 amide bonds. The summed E-state index contributed by atoms with van der Waals surface area (Å²) in [6.45, 7) is 0. The summed E-state index contributed by atoms with van der Waals surface area (Å²) in [5.41, 5.74) is 1.36. The van der Waals surface area contributed by atoms with Gasteiger partial charge in [0.05, 0.1) is 7.11 Å². The molecular formula is C18H18FNO3. The molecule has 0 saturated heterocycles. The highest BCUT2D eigenvalue weighted by Gasteiger charge is 2.22. The van der Waals surface area contributed by atoms with E-state index < -0.39 is 23.7 Å². The summed E-state index contributed by atoms with van der Waals surface area (Å²) in [4.78, 5) is 24.0. The molecular weight excluding hydrogens is 297 g/mol. The van der Waals surface area contributed by atoms with Crippen LogP contribution in [0.3, 0.4) is 0 Å². The molecule has 4 nitrogen and oxygen atoms in total. The molecule has 120 valence electrons. The van der Waals surface area contributed by atoms with Gasteiger partial charge in [-0.1, -0.05) is 30.3 Å². The first-order valence-electron chi connectivity index (χ1n) is 7.28. The number of aryl methyl sites for hydroxylation is 1. The molecule has 0 bridgehead atoms. The first kappa shape index (κ1) is 16.7. The summed E-state index contributed by atoms with van der Waals surface area (Å²) < 4.78 is 17.6. The van der Waals surface area contributed by atoms with Crippen molar-refractivity contribution in [3.8, 4) is 0 Å². The van der Waals surface area contributed by atoms with Gasteiger partial charge >= 0.3 is 5.97 Å². The lowest BCUT2D eigenvalue weighted by molar-refractivity contribution is -0.143. The third kappa shape index (κ3) is 4.92. The molecule has 0 fully saturated rings. The number of hydrogen-bond donors (Lipinski definition) is 1. The summed E-state index contributed by atoms with van der Waals surface area (Å²) in [6, 6.07) is 14.0. The van der Waals surface area contributed by atoms with Gasteiger partial charge in [0.25, 0.3) is 5.91 Å². The highest BCUT2D eigenvalue weighted by molar-refractivity contribution is 5.96. The van der Waals surface area contributed by atoms with Gasteiger partial charge in [0, 0.05) is 5.56 Å². The molecule has 1 atom stereocenters. The molecule has 1 N–H and O–H groups in total. The van der Waals surface area contributed by atoms with Crippen molar-refractivity contribution in [3.05, 3.63) is 71.5 Å². The minimum absolute atomic E-state index is 0.292. The average molecular weight is 315 g/mol. The Labute approximate surface area is 134 Å². The molecule has 0 aliphatic carbocycles. The van der Waals surface area contributed by atoms with Crippen LogP contribution < -0.4 is 5.32 Å². The zero-order chi connectivity index (χ0) is 16.7. The van der Waals surface area contributed by atoms with E-state index in [9.17, 15) is 14.0 Å². The summed E-state index contributed by atoms with van der Waals surface area (Å²) in [6.07, 6.45) is 1.05. The number of carbonyl (C=O) groups is 2. The number of nitrogens with one attached hydrogen (secondary N) is 1. The van der Waals surface area contributed by atoms with Gasteiger partial charge in [0.15, 0.2) is 0 Å². The molecule has 5 heteroatoms. The van der Waals surface area contributed by atoms with E-state index in [4.69, 9.17) is 4.74 Å². The third-order valence-corrected chi connectivity index (χ3v) is 3.46. The first-order valence-corrected chi connectivity index (χ1v) is 7.28. The van der Waals surface area contributed by atoms with Crippen molar-refractivity contribution in [1.29, 1.82) is 0 Å². The highest BCUT2D eigenvalue weighted by Crippen LogP contribution is 2.08. The van der Waals surface area contributed by atoms with Crippen LogP contribution in [0.1, 0.15) is 22.3 Å². The SMILES string of the molecule is COC(=O)[C@@H](CCc1ccccc1)NC(=O)c1ccc(F)cc1. The number of carbonyl (C=O) groups excluding carboxylic acids is 2. The van der Waals surface area contributed by atoms with Crippen molar-refractivity contribution in [1.82, 2.24) is 5.32 Å². The summed E-state index contributed by atoms with van der Waals surface area (Å²) in [7, 11) is 1.28. The number of amides is 1. The third-order valence-electron chi connectivity index (χ3n) is 3.46. The Morgan fingerprint density at radius 2 is 1.74 bits per heavy atom. The minimum atomic E-state index is -0.752. The smallest absolute Gasteiger partial charge is 0.328 e. The lowest BCUT2D eigenvalue weighted by atomic mass is 10.0. The van der Waals surface area contributed by atoms with Crippen LogP contribution in [0.15, 0.2) is 54.6 Å². The van der Waals surface area contributed by atoms with Crippen LogP contribution in [0.2, 0.25) is 0 Å². The number of methoxy groups -OCH3 is 1. The molecule has 0 aromatic heterocycles. The molecule has 0 aliphatic heterocycles. The van der Waals surface area contributed by atoms with Crippen molar-refractivity contribution in [2.24, 2.45) is 0 Å². The Bertz CT molecular complexity index is 656. The summed E-state index contributed by atoms with van der Waals surface area (Å²) in [5.74, 6) is -1.36. The second-order valence-corrected chi connectivity index (χ2v) is 5.08. The number of ether oxygens (including phenoxy) is 1. The predicted octanol–water partition coefficient (Wildman–Crippen LogP) is 2.73. The molecule has 2 aromatic rings. The van der Waals surface area contributed by atoms with Crippen molar-refractivity contribution < 1.29 is 18.7 Å². The maximum absolute atomic E-state index is 12.9. The predicted molar refractivity (Wildman–Crippen MR) is 84.4 cm³/mol. The number of esters is 1. The zero-order valence-electron chi connectivity index (χ0n) is 12.8. The molecule has 0 heterocycles. The van der Waals surface area contributed by atoms with E-state index in [1.165, 1.54) is 31.4 Å². The van der Waals surface area contributed by atoms with E-state index in [-0.39, 0.29) is 0 Å². The zero-order valence-corrected chi connectivity index (χ0v) is 12.8. The largest absolute Gasteiger partial charge is 0.467 e. The average Bonchev–Trinajstić information content (AvgIpc) is 2.59. The van der Waals surface area contributed by atoms with Crippen molar-refractivity contribution in [2.45, 2.75) is 18.9 Å². The molecule has 0 saturated carbocycles. The monoisotopic (exact) mass is 315 g/mol.